The number of aromatic nitrogens is 2. The topological polar surface area (TPSA) is 77.2 Å². The highest BCUT2D eigenvalue weighted by Gasteiger charge is 2.58. The Morgan fingerprint density at radius 1 is 1.26 bits per heavy atom. The van der Waals surface area contributed by atoms with Gasteiger partial charge in [-0.15, -0.1) is 0 Å². The fraction of sp³-hybridized carbons (Fsp3) is 0.500. The Hall–Kier alpha value is -2.42. The molecule has 0 aliphatic heterocycles. The standard InChI is InChI=1S/C18H20F3N3O3/c1-16(2)12(9-17(16,3)26-4)22-14(25)11-7-5-10(6-8-11)13-23-15(27-24-13)18(19,20)21/h5-8,12H,9H2,1-4H3,(H,22,25)/t12-,17+/m0/s1. The summed E-state index contributed by atoms with van der Waals surface area (Å²) in [4.78, 5) is 15.8. The van der Waals surface area contributed by atoms with Crippen LogP contribution in [0, 0.1) is 5.41 Å². The van der Waals surface area contributed by atoms with Crippen LogP contribution in [0.25, 0.3) is 11.4 Å². The molecule has 2 aromatic rings. The molecule has 0 spiro atoms. The van der Waals surface area contributed by atoms with E-state index in [-0.39, 0.29) is 28.8 Å². The molecule has 0 unspecified atom stereocenters. The van der Waals surface area contributed by atoms with Crippen LogP contribution in [0.5, 0.6) is 0 Å². The average Bonchev–Trinajstić information content (AvgIpc) is 3.11. The van der Waals surface area contributed by atoms with Gasteiger partial charge in [0, 0.05) is 29.7 Å². The molecule has 1 aliphatic rings. The van der Waals surface area contributed by atoms with E-state index in [1.165, 1.54) is 24.3 Å². The summed E-state index contributed by atoms with van der Waals surface area (Å²) in [5.74, 6) is -1.86. The molecule has 0 bridgehead atoms. The number of carbonyl (C=O) groups is 1. The van der Waals surface area contributed by atoms with E-state index >= 15 is 0 Å². The van der Waals surface area contributed by atoms with Crippen LogP contribution in [0.1, 0.15) is 43.4 Å². The maximum atomic E-state index is 12.5. The molecule has 6 nitrogen and oxygen atoms in total. The number of ether oxygens (including phenoxy) is 1. The zero-order valence-electron chi connectivity index (χ0n) is 15.3. The molecule has 3 rings (SSSR count). The van der Waals surface area contributed by atoms with E-state index < -0.39 is 12.1 Å². The van der Waals surface area contributed by atoms with Gasteiger partial charge in [-0.1, -0.05) is 31.1 Å². The van der Waals surface area contributed by atoms with Gasteiger partial charge in [-0.3, -0.25) is 4.79 Å². The smallest absolute Gasteiger partial charge is 0.378 e. The van der Waals surface area contributed by atoms with Gasteiger partial charge in [-0.25, -0.2) is 0 Å². The van der Waals surface area contributed by atoms with E-state index in [1.54, 1.807) is 7.11 Å². The Morgan fingerprint density at radius 2 is 1.89 bits per heavy atom. The Morgan fingerprint density at radius 3 is 2.37 bits per heavy atom. The summed E-state index contributed by atoms with van der Waals surface area (Å²) in [5, 5.41) is 6.30. The largest absolute Gasteiger partial charge is 0.471 e. The Labute approximate surface area is 154 Å². The van der Waals surface area contributed by atoms with E-state index in [9.17, 15) is 18.0 Å². The number of amides is 1. The lowest BCUT2D eigenvalue weighted by atomic mass is 9.56. The second-order valence-electron chi connectivity index (χ2n) is 7.39. The first kappa shape index (κ1) is 19.3. The summed E-state index contributed by atoms with van der Waals surface area (Å²) < 4.78 is 47.4. The van der Waals surface area contributed by atoms with Crippen molar-refractivity contribution in [1.29, 1.82) is 0 Å². The van der Waals surface area contributed by atoms with Gasteiger partial charge in [0.15, 0.2) is 0 Å². The number of benzene rings is 1. The Balaban J connectivity index is 1.69. The first-order chi connectivity index (χ1) is 12.5. The van der Waals surface area contributed by atoms with Crippen LogP contribution in [0.3, 0.4) is 0 Å². The number of hydrogen-bond donors (Lipinski definition) is 1. The normalized spacial score (nSPS) is 24.3. The number of halogens is 3. The molecular weight excluding hydrogens is 363 g/mol. The second-order valence-corrected chi connectivity index (χ2v) is 7.39. The Bertz CT molecular complexity index is 846. The van der Waals surface area contributed by atoms with E-state index in [0.717, 1.165) is 0 Å². The second kappa shape index (κ2) is 6.33. The SMILES string of the molecule is CO[C@]1(C)C[C@H](NC(=O)c2ccc(-c3noc(C(F)(F)F)n3)cc2)C1(C)C. The van der Waals surface area contributed by atoms with Crippen LogP contribution < -0.4 is 5.32 Å². The van der Waals surface area contributed by atoms with Gasteiger partial charge >= 0.3 is 12.1 Å². The highest BCUT2D eigenvalue weighted by atomic mass is 19.4. The predicted molar refractivity (Wildman–Crippen MR) is 89.8 cm³/mol. The van der Waals surface area contributed by atoms with Crippen molar-refractivity contribution in [3.8, 4) is 11.4 Å². The van der Waals surface area contributed by atoms with Crippen LogP contribution >= 0.6 is 0 Å². The third-order valence-corrected chi connectivity index (χ3v) is 5.66. The minimum absolute atomic E-state index is 0.0406. The summed E-state index contributed by atoms with van der Waals surface area (Å²) in [6, 6.07) is 5.93. The van der Waals surface area contributed by atoms with E-state index in [4.69, 9.17) is 4.74 Å². The summed E-state index contributed by atoms with van der Waals surface area (Å²) in [6.07, 6.45) is -4.00. The lowest BCUT2D eigenvalue weighted by Crippen LogP contribution is -2.68. The number of methoxy groups -OCH3 is 1. The van der Waals surface area contributed by atoms with Gasteiger partial charge in [0.2, 0.25) is 5.82 Å². The van der Waals surface area contributed by atoms with Crippen molar-refractivity contribution in [2.24, 2.45) is 5.41 Å². The van der Waals surface area contributed by atoms with Crippen molar-refractivity contribution in [1.82, 2.24) is 15.5 Å². The van der Waals surface area contributed by atoms with Gasteiger partial charge in [0.05, 0.1) is 5.60 Å². The van der Waals surface area contributed by atoms with Crippen molar-refractivity contribution in [3.05, 3.63) is 35.7 Å². The van der Waals surface area contributed by atoms with Crippen molar-refractivity contribution >= 4 is 5.91 Å². The van der Waals surface area contributed by atoms with Gasteiger partial charge in [-0.05, 0) is 25.5 Å². The maximum Gasteiger partial charge on any atom is 0.471 e. The summed E-state index contributed by atoms with van der Waals surface area (Å²) in [6.45, 7) is 6.07. The van der Waals surface area contributed by atoms with Crippen LogP contribution in [0.2, 0.25) is 0 Å². The van der Waals surface area contributed by atoms with Gasteiger partial charge in [0.1, 0.15) is 0 Å². The number of nitrogens with one attached hydrogen (secondary N) is 1. The average molecular weight is 383 g/mol. The molecule has 1 aliphatic carbocycles. The van der Waals surface area contributed by atoms with Gasteiger partial charge in [0.25, 0.3) is 5.91 Å². The molecular formula is C18H20F3N3O3. The predicted octanol–water partition coefficient (Wildman–Crippen LogP) is 3.69. The first-order valence-electron chi connectivity index (χ1n) is 8.35. The summed E-state index contributed by atoms with van der Waals surface area (Å²) >= 11 is 0. The maximum absolute atomic E-state index is 12.5. The lowest BCUT2D eigenvalue weighted by Gasteiger charge is -2.59. The Kier molecular flexibility index (Phi) is 4.54. The number of carbonyl (C=O) groups excluding carboxylic acids is 1. The van der Waals surface area contributed by atoms with Crippen molar-refractivity contribution in [2.45, 2.75) is 45.0 Å². The molecule has 1 aromatic carbocycles. The minimum atomic E-state index is -4.70. The van der Waals surface area contributed by atoms with E-state index in [1.807, 2.05) is 20.8 Å². The highest BCUT2D eigenvalue weighted by Crippen LogP contribution is 2.51. The van der Waals surface area contributed by atoms with Gasteiger partial charge < -0.3 is 14.6 Å². The van der Waals surface area contributed by atoms with Crippen LogP contribution in [0.15, 0.2) is 28.8 Å². The molecule has 2 atom stereocenters. The zero-order valence-corrected chi connectivity index (χ0v) is 15.3. The summed E-state index contributed by atoms with van der Waals surface area (Å²) in [5.41, 5.74) is 0.182. The molecule has 9 heteroatoms. The molecule has 0 saturated heterocycles. The molecule has 1 N–H and O–H groups in total. The number of nitrogens with zero attached hydrogens (tertiary/aromatic N) is 2. The molecule has 1 saturated carbocycles. The highest BCUT2D eigenvalue weighted by molar-refractivity contribution is 5.95. The van der Waals surface area contributed by atoms with Crippen molar-refractivity contribution in [2.75, 3.05) is 7.11 Å². The van der Waals surface area contributed by atoms with E-state index in [0.29, 0.717) is 17.5 Å². The third-order valence-electron chi connectivity index (χ3n) is 5.66. The van der Waals surface area contributed by atoms with Crippen molar-refractivity contribution < 1.29 is 27.2 Å². The molecule has 146 valence electrons. The molecule has 27 heavy (non-hydrogen) atoms. The third kappa shape index (κ3) is 3.31. The van der Waals surface area contributed by atoms with Crippen LogP contribution in [-0.2, 0) is 10.9 Å². The minimum Gasteiger partial charge on any atom is -0.378 e. The summed E-state index contributed by atoms with van der Waals surface area (Å²) in [7, 11) is 1.65. The van der Waals surface area contributed by atoms with Gasteiger partial charge in [-0.2, -0.15) is 18.2 Å². The fourth-order valence-electron chi connectivity index (χ4n) is 3.19. The zero-order chi connectivity index (χ0) is 20.0. The molecule has 0 radical (unpaired) electrons. The number of alkyl halides is 3. The first-order valence-corrected chi connectivity index (χ1v) is 8.35. The van der Waals surface area contributed by atoms with Crippen LogP contribution in [0.4, 0.5) is 13.2 Å². The quantitative estimate of drug-likeness (QED) is 0.871. The molecule has 1 fully saturated rings. The van der Waals surface area contributed by atoms with Crippen molar-refractivity contribution in [3.63, 3.8) is 0 Å². The lowest BCUT2D eigenvalue weighted by molar-refractivity contribution is -0.177. The molecule has 1 aromatic heterocycles. The number of hydrogen-bond acceptors (Lipinski definition) is 5. The molecule has 1 heterocycles. The van der Waals surface area contributed by atoms with E-state index in [2.05, 4.69) is 20.0 Å². The van der Waals surface area contributed by atoms with Crippen LogP contribution in [-0.4, -0.2) is 34.8 Å². The molecule has 1 amide bonds. The fourth-order valence-corrected chi connectivity index (χ4v) is 3.19. The number of rotatable bonds is 4. The monoisotopic (exact) mass is 383 g/mol.